The molecular formula is C20H26N2O5S2. The molecule has 1 fully saturated rings. The van der Waals surface area contributed by atoms with Crippen LogP contribution in [0.5, 0.6) is 5.75 Å². The quantitative estimate of drug-likeness (QED) is 0.746. The third-order valence-corrected chi connectivity index (χ3v) is 8.11. The second-order valence-electron chi connectivity index (χ2n) is 7.03. The summed E-state index contributed by atoms with van der Waals surface area (Å²) in [6.45, 7) is 6.03. The summed E-state index contributed by atoms with van der Waals surface area (Å²) < 4.78 is 60.9. The number of nitrogens with one attached hydrogen (secondary N) is 1. The summed E-state index contributed by atoms with van der Waals surface area (Å²) in [5, 5.41) is 0. The molecule has 1 heterocycles. The maximum atomic E-state index is 13.2. The summed E-state index contributed by atoms with van der Waals surface area (Å²) in [7, 11) is -7.47. The number of hydrogen-bond donors (Lipinski definition) is 1. The van der Waals surface area contributed by atoms with Crippen LogP contribution >= 0.6 is 0 Å². The second kappa shape index (κ2) is 8.23. The van der Waals surface area contributed by atoms with Crippen molar-refractivity contribution in [3.05, 3.63) is 47.5 Å². The van der Waals surface area contributed by atoms with Gasteiger partial charge in [0.2, 0.25) is 10.0 Å². The Morgan fingerprint density at radius 1 is 1.10 bits per heavy atom. The molecule has 0 saturated carbocycles. The summed E-state index contributed by atoms with van der Waals surface area (Å²) in [5.74, 6) is 0.243. The standard InChI is InChI=1S/C20H26N2O5S2/c1-4-27-18-11-10-17(22-12-5-6-13-28(22,23)24)14-19(18)29(25,26)21-20-15(2)8-7-9-16(20)3/h7-11,14,21H,4-6,12-13H2,1-3H3. The molecule has 0 bridgehead atoms. The molecule has 29 heavy (non-hydrogen) atoms. The Bertz CT molecular complexity index is 1090. The molecule has 0 radical (unpaired) electrons. The van der Waals surface area contributed by atoms with E-state index in [0.29, 0.717) is 24.3 Å². The largest absolute Gasteiger partial charge is 0.492 e. The van der Waals surface area contributed by atoms with Crippen molar-refractivity contribution in [2.45, 2.75) is 38.5 Å². The summed E-state index contributed by atoms with van der Waals surface area (Å²) in [4.78, 5) is -0.0831. The van der Waals surface area contributed by atoms with Gasteiger partial charge in [-0.25, -0.2) is 16.8 Å². The number of nitrogens with zero attached hydrogens (tertiary/aromatic N) is 1. The van der Waals surface area contributed by atoms with Crippen LogP contribution in [-0.4, -0.2) is 35.7 Å². The topological polar surface area (TPSA) is 92.8 Å². The van der Waals surface area contributed by atoms with Crippen LogP contribution in [0, 0.1) is 13.8 Å². The summed E-state index contributed by atoms with van der Waals surface area (Å²) in [6.07, 6.45) is 1.34. The maximum Gasteiger partial charge on any atom is 0.265 e. The lowest BCUT2D eigenvalue weighted by molar-refractivity contribution is 0.331. The van der Waals surface area contributed by atoms with Gasteiger partial charge in [-0.15, -0.1) is 0 Å². The Hall–Kier alpha value is -2.26. The van der Waals surface area contributed by atoms with Gasteiger partial charge in [-0.2, -0.15) is 0 Å². The molecule has 1 aliphatic rings. The van der Waals surface area contributed by atoms with Crippen molar-refractivity contribution in [1.82, 2.24) is 0 Å². The van der Waals surface area contributed by atoms with E-state index in [1.165, 1.54) is 16.4 Å². The molecule has 158 valence electrons. The first-order valence-corrected chi connectivity index (χ1v) is 12.6. The molecular weight excluding hydrogens is 412 g/mol. The van der Waals surface area contributed by atoms with Gasteiger partial charge in [0.15, 0.2) is 0 Å². The van der Waals surface area contributed by atoms with Gasteiger partial charge < -0.3 is 4.74 Å². The van der Waals surface area contributed by atoms with Gasteiger partial charge in [0.25, 0.3) is 10.0 Å². The molecule has 1 saturated heterocycles. The SMILES string of the molecule is CCOc1ccc(N2CCCCS2(=O)=O)cc1S(=O)(=O)Nc1c(C)cccc1C. The molecule has 3 rings (SSSR count). The van der Waals surface area contributed by atoms with E-state index in [1.807, 2.05) is 32.0 Å². The van der Waals surface area contributed by atoms with Crippen molar-refractivity contribution >= 4 is 31.4 Å². The zero-order valence-electron chi connectivity index (χ0n) is 16.8. The smallest absolute Gasteiger partial charge is 0.265 e. The zero-order chi connectivity index (χ0) is 21.2. The Labute approximate surface area is 172 Å². The van der Waals surface area contributed by atoms with Crippen LogP contribution in [0.15, 0.2) is 41.3 Å². The molecule has 0 atom stereocenters. The fraction of sp³-hybridized carbons (Fsp3) is 0.400. The monoisotopic (exact) mass is 438 g/mol. The zero-order valence-corrected chi connectivity index (χ0v) is 18.4. The summed E-state index contributed by atoms with van der Waals surface area (Å²) in [6, 6.07) is 9.99. The van der Waals surface area contributed by atoms with Crippen molar-refractivity contribution in [3.8, 4) is 5.75 Å². The molecule has 0 spiro atoms. The number of anilines is 2. The van der Waals surface area contributed by atoms with Crippen LogP contribution in [0.1, 0.15) is 30.9 Å². The molecule has 2 aromatic rings. The lowest BCUT2D eigenvalue weighted by Gasteiger charge is -2.29. The average Bonchev–Trinajstić information content (AvgIpc) is 2.65. The van der Waals surface area contributed by atoms with Gasteiger partial charge in [-0.05, 0) is 62.9 Å². The maximum absolute atomic E-state index is 13.2. The van der Waals surface area contributed by atoms with Crippen molar-refractivity contribution in [3.63, 3.8) is 0 Å². The number of rotatable bonds is 6. The van der Waals surface area contributed by atoms with Crippen molar-refractivity contribution in [2.24, 2.45) is 0 Å². The molecule has 2 aromatic carbocycles. The fourth-order valence-corrected chi connectivity index (χ4v) is 6.38. The lowest BCUT2D eigenvalue weighted by atomic mass is 10.1. The van der Waals surface area contributed by atoms with Gasteiger partial charge >= 0.3 is 0 Å². The minimum Gasteiger partial charge on any atom is -0.492 e. The van der Waals surface area contributed by atoms with Gasteiger partial charge in [0.1, 0.15) is 10.6 Å². The first kappa shape index (κ1) is 21.4. The van der Waals surface area contributed by atoms with Crippen LogP contribution < -0.4 is 13.8 Å². The third kappa shape index (κ3) is 4.51. The summed E-state index contributed by atoms with van der Waals surface area (Å²) in [5.41, 5.74) is 2.42. The average molecular weight is 439 g/mol. The lowest BCUT2D eigenvalue weighted by Crippen LogP contribution is -2.38. The first-order valence-electron chi connectivity index (χ1n) is 9.52. The van der Waals surface area contributed by atoms with Crippen LogP contribution in [0.4, 0.5) is 11.4 Å². The molecule has 7 nitrogen and oxygen atoms in total. The molecule has 1 N–H and O–H groups in total. The van der Waals surface area contributed by atoms with Gasteiger partial charge in [0, 0.05) is 6.54 Å². The molecule has 0 aliphatic carbocycles. The molecule has 1 aliphatic heterocycles. The summed E-state index contributed by atoms with van der Waals surface area (Å²) >= 11 is 0. The normalized spacial score (nSPS) is 16.4. The number of hydrogen-bond acceptors (Lipinski definition) is 5. The third-order valence-electron chi connectivity index (χ3n) is 4.87. The van der Waals surface area contributed by atoms with Gasteiger partial charge in [-0.3, -0.25) is 9.03 Å². The highest BCUT2D eigenvalue weighted by molar-refractivity contribution is 7.93. The minimum atomic E-state index is -4.01. The Kier molecular flexibility index (Phi) is 6.09. The number of aryl methyl sites for hydroxylation is 2. The van der Waals surface area contributed by atoms with Crippen molar-refractivity contribution in [1.29, 1.82) is 0 Å². The predicted molar refractivity (Wildman–Crippen MR) is 115 cm³/mol. The first-order chi connectivity index (χ1) is 13.7. The van der Waals surface area contributed by atoms with E-state index >= 15 is 0 Å². The van der Waals surface area contributed by atoms with Crippen LogP contribution in [-0.2, 0) is 20.0 Å². The van der Waals surface area contributed by atoms with Crippen molar-refractivity contribution in [2.75, 3.05) is 27.9 Å². The number of ether oxygens (including phenoxy) is 1. The fourth-order valence-electron chi connectivity index (χ4n) is 3.38. The Morgan fingerprint density at radius 3 is 2.41 bits per heavy atom. The number of benzene rings is 2. The highest BCUT2D eigenvalue weighted by Gasteiger charge is 2.29. The van der Waals surface area contributed by atoms with E-state index in [4.69, 9.17) is 4.74 Å². The second-order valence-corrected chi connectivity index (χ2v) is 10.7. The van der Waals surface area contributed by atoms with E-state index in [0.717, 1.165) is 17.5 Å². The Balaban J connectivity index is 2.08. The van der Waals surface area contributed by atoms with Crippen molar-refractivity contribution < 1.29 is 21.6 Å². The van der Waals surface area contributed by atoms with E-state index in [-0.39, 0.29) is 23.0 Å². The highest BCUT2D eigenvalue weighted by Crippen LogP contribution is 2.34. The van der Waals surface area contributed by atoms with Crippen LogP contribution in [0.25, 0.3) is 0 Å². The van der Waals surface area contributed by atoms with E-state index in [1.54, 1.807) is 13.0 Å². The Morgan fingerprint density at radius 2 is 1.79 bits per heavy atom. The van der Waals surface area contributed by atoms with Gasteiger partial charge in [0.05, 0.1) is 23.7 Å². The number of sulfonamides is 2. The van der Waals surface area contributed by atoms with E-state index in [2.05, 4.69) is 4.72 Å². The van der Waals surface area contributed by atoms with Crippen LogP contribution in [0.3, 0.4) is 0 Å². The minimum absolute atomic E-state index is 0.0585. The molecule has 0 amide bonds. The molecule has 0 aromatic heterocycles. The van der Waals surface area contributed by atoms with E-state index in [9.17, 15) is 16.8 Å². The van der Waals surface area contributed by atoms with Gasteiger partial charge in [-0.1, -0.05) is 18.2 Å². The highest BCUT2D eigenvalue weighted by atomic mass is 32.2. The number of para-hydroxylation sites is 1. The predicted octanol–water partition coefficient (Wildman–Crippen LogP) is 3.43. The van der Waals surface area contributed by atoms with E-state index < -0.39 is 20.0 Å². The molecule has 9 heteroatoms. The molecule has 0 unspecified atom stereocenters. The van der Waals surface area contributed by atoms with Crippen LogP contribution in [0.2, 0.25) is 0 Å².